The molecule has 0 saturated heterocycles. The number of amides is 2. The second kappa shape index (κ2) is 7.98. The monoisotopic (exact) mass is 294 g/mol. The lowest BCUT2D eigenvalue weighted by Gasteiger charge is -2.13. The minimum atomic E-state index is -0.445. The number of hydrogen-bond acceptors (Lipinski definition) is 5. The molecule has 0 spiro atoms. The van der Waals surface area contributed by atoms with Crippen molar-refractivity contribution in [1.82, 2.24) is 10.2 Å². The second-order valence-electron chi connectivity index (χ2n) is 4.58. The molecule has 0 heterocycles. The fourth-order valence-electron chi connectivity index (χ4n) is 1.59. The molecule has 0 aromatic heterocycles. The molecule has 0 radical (unpaired) electrons. The standard InChI is InChI=1S/C14H22N4O3/c1-4-21-13(19)11-9-10(5-6-12(11)15)16-7-8-17-14(20)18(2)3/h5-6,9,16H,4,7-8,15H2,1-3H3,(H,17,20). The molecular weight excluding hydrogens is 272 g/mol. The molecule has 1 rings (SSSR count). The van der Waals surface area contributed by atoms with Gasteiger partial charge in [0.05, 0.1) is 12.2 Å². The van der Waals surface area contributed by atoms with E-state index < -0.39 is 5.97 Å². The number of ether oxygens (including phenoxy) is 1. The quantitative estimate of drug-likeness (QED) is 0.415. The van der Waals surface area contributed by atoms with E-state index in [2.05, 4.69) is 10.6 Å². The Labute approximate surface area is 124 Å². The van der Waals surface area contributed by atoms with Gasteiger partial charge in [-0.15, -0.1) is 0 Å². The number of hydrogen-bond donors (Lipinski definition) is 3. The lowest BCUT2D eigenvalue weighted by molar-refractivity contribution is 0.0527. The molecule has 0 aliphatic carbocycles. The largest absolute Gasteiger partial charge is 0.462 e. The first kappa shape index (κ1) is 16.6. The highest BCUT2D eigenvalue weighted by Crippen LogP contribution is 2.18. The average Bonchev–Trinajstić information content (AvgIpc) is 2.44. The van der Waals surface area contributed by atoms with E-state index in [0.29, 0.717) is 30.9 Å². The SMILES string of the molecule is CCOC(=O)c1cc(NCCNC(=O)N(C)C)ccc1N. The topological polar surface area (TPSA) is 96.7 Å². The third-order valence-corrected chi connectivity index (χ3v) is 2.69. The summed E-state index contributed by atoms with van der Waals surface area (Å²) in [5.41, 5.74) is 7.21. The summed E-state index contributed by atoms with van der Waals surface area (Å²) >= 11 is 0. The molecule has 7 heteroatoms. The van der Waals surface area contributed by atoms with E-state index in [1.807, 2.05) is 0 Å². The van der Waals surface area contributed by atoms with Gasteiger partial charge in [0.15, 0.2) is 0 Å². The maximum atomic E-state index is 11.7. The molecule has 2 amide bonds. The van der Waals surface area contributed by atoms with Crippen LogP contribution in [0.25, 0.3) is 0 Å². The van der Waals surface area contributed by atoms with Crippen molar-refractivity contribution in [2.24, 2.45) is 0 Å². The van der Waals surface area contributed by atoms with Crippen LogP contribution in [-0.2, 0) is 4.74 Å². The van der Waals surface area contributed by atoms with Crippen LogP contribution in [0.1, 0.15) is 17.3 Å². The first-order valence-electron chi connectivity index (χ1n) is 6.71. The van der Waals surface area contributed by atoms with Gasteiger partial charge in [0, 0.05) is 38.6 Å². The van der Waals surface area contributed by atoms with Gasteiger partial charge in [0.1, 0.15) is 0 Å². The first-order valence-corrected chi connectivity index (χ1v) is 6.71. The zero-order valence-electron chi connectivity index (χ0n) is 12.6. The minimum absolute atomic E-state index is 0.152. The summed E-state index contributed by atoms with van der Waals surface area (Å²) < 4.78 is 4.94. The van der Waals surface area contributed by atoms with Gasteiger partial charge in [-0.05, 0) is 25.1 Å². The van der Waals surface area contributed by atoms with Crippen LogP contribution in [-0.4, -0.2) is 50.7 Å². The highest BCUT2D eigenvalue weighted by molar-refractivity contribution is 5.96. The minimum Gasteiger partial charge on any atom is -0.462 e. The maximum Gasteiger partial charge on any atom is 0.340 e. The number of esters is 1. The fourth-order valence-corrected chi connectivity index (χ4v) is 1.59. The number of carbonyl (C=O) groups excluding carboxylic acids is 2. The van der Waals surface area contributed by atoms with Gasteiger partial charge in [-0.1, -0.05) is 0 Å². The van der Waals surface area contributed by atoms with Crippen LogP contribution in [0.2, 0.25) is 0 Å². The molecule has 0 aliphatic heterocycles. The van der Waals surface area contributed by atoms with Gasteiger partial charge in [-0.25, -0.2) is 9.59 Å². The molecule has 1 aromatic rings. The van der Waals surface area contributed by atoms with Crippen molar-refractivity contribution in [3.8, 4) is 0 Å². The molecule has 0 unspecified atom stereocenters. The number of nitrogens with zero attached hydrogens (tertiary/aromatic N) is 1. The van der Waals surface area contributed by atoms with Gasteiger partial charge >= 0.3 is 12.0 Å². The summed E-state index contributed by atoms with van der Waals surface area (Å²) in [6, 6.07) is 4.90. The summed E-state index contributed by atoms with van der Waals surface area (Å²) in [5, 5.41) is 5.84. The van der Waals surface area contributed by atoms with Crippen LogP contribution in [0.5, 0.6) is 0 Å². The van der Waals surface area contributed by atoms with Crippen molar-refractivity contribution < 1.29 is 14.3 Å². The van der Waals surface area contributed by atoms with Crippen molar-refractivity contribution in [2.75, 3.05) is 44.8 Å². The van der Waals surface area contributed by atoms with Gasteiger partial charge in [0.2, 0.25) is 0 Å². The summed E-state index contributed by atoms with van der Waals surface area (Å²) in [5.74, 6) is -0.445. The van der Waals surface area contributed by atoms with Crippen molar-refractivity contribution in [3.63, 3.8) is 0 Å². The van der Waals surface area contributed by atoms with Crippen molar-refractivity contribution in [2.45, 2.75) is 6.92 Å². The van der Waals surface area contributed by atoms with Gasteiger partial charge in [-0.2, -0.15) is 0 Å². The number of benzene rings is 1. The first-order chi connectivity index (χ1) is 9.95. The van der Waals surface area contributed by atoms with Crippen LogP contribution < -0.4 is 16.4 Å². The highest BCUT2D eigenvalue weighted by atomic mass is 16.5. The number of nitrogens with two attached hydrogens (primary N) is 1. The van der Waals surface area contributed by atoms with Crippen molar-refractivity contribution in [3.05, 3.63) is 23.8 Å². The Morgan fingerprint density at radius 3 is 2.62 bits per heavy atom. The fraction of sp³-hybridized carbons (Fsp3) is 0.429. The Kier molecular flexibility index (Phi) is 6.32. The van der Waals surface area contributed by atoms with Gasteiger partial charge in [0.25, 0.3) is 0 Å². The van der Waals surface area contributed by atoms with E-state index in [9.17, 15) is 9.59 Å². The zero-order chi connectivity index (χ0) is 15.8. The number of rotatable bonds is 6. The Morgan fingerprint density at radius 2 is 2.00 bits per heavy atom. The molecule has 1 aromatic carbocycles. The highest BCUT2D eigenvalue weighted by Gasteiger charge is 2.11. The third-order valence-electron chi connectivity index (χ3n) is 2.69. The smallest absolute Gasteiger partial charge is 0.340 e. The number of carbonyl (C=O) groups is 2. The number of urea groups is 1. The normalized spacial score (nSPS) is 9.86. The van der Waals surface area contributed by atoms with Gasteiger partial charge < -0.3 is 26.0 Å². The van der Waals surface area contributed by atoms with E-state index in [-0.39, 0.29) is 6.03 Å². The molecule has 116 valence electrons. The molecule has 0 aliphatic rings. The number of nitrogens with one attached hydrogen (secondary N) is 2. The number of anilines is 2. The zero-order valence-corrected chi connectivity index (χ0v) is 12.6. The molecule has 4 N–H and O–H groups in total. The summed E-state index contributed by atoms with van der Waals surface area (Å²) in [6.07, 6.45) is 0. The predicted molar refractivity (Wildman–Crippen MR) is 82.4 cm³/mol. The predicted octanol–water partition coefficient (Wildman–Crippen LogP) is 1.13. The van der Waals surface area contributed by atoms with Crippen LogP contribution >= 0.6 is 0 Å². The average molecular weight is 294 g/mol. The molecule has 0 fully saturated rings. The van der Waals surface area contributed by atoms with Crippen molar-refractivity contribution in [1.29, 1.82) is 0 Å². The molecule has 21 heavy (non-hydrogen) atoms. The summed E-state index contributed by atoms with van der Waals surface area (Å²) in [6.45, 7) is 3.04. The maximum absolute atomic E-state index is 11.7. The Balaban J connectivity index is 2.55. The van der Waals surface area contributed by atoms with Gasteiger partial charge in [-0.3, -0.25) is 0 Å². The van der Waals surface area contributed by atoms with Crippen molar-refractivity contribution >= 4 is 23.4 Å². The Bertz CT molecular complexity index is 503. The lowest BCUT2D eigenvalue weighted by atomic mass is 10.1. The third kappa shape index (κ3) is 5.21. The molecule has 0 bridgehead atoms. The Morgan fingerprint density at radius 1 is 1.29 bits per heavy atom. The second-order valence-corrected chi connectivity index (χ2v) is 4.58. The van der Waals surface area contributed by atoms with Crippen LogP contribution in [0, 0.1) is 0 Å². The van der Waals surface area contributed by atoms with E-state index >= 15 is 0 Å². The molecule has 0 saturated carbocycles. The van der Waals surface area contributed by atoms with E-state index in [4.69, 9.17) is 10.5 Å². The van der Waals surface area contributed by atoms with Crippen LogP contribution in [0.15, 0.2) is 18.2 Å². The van der Waals surface area contributed by atoms with E-state index in [1.54, 1.807) is 39.2 Å². The van der Waals surface area contributed by atoms with E-state index in [0.717, 1.165) is 5.69 Å². The van der Waals surface area contributed by atoms with Crippen LogP contribution in [0.3, 0.4) is 0 Å². The summed E-state index contributed by atoms with van der Waals surface area (Å²) in [7, 11) is 3.35. The molecule has 7 nitrogen and oxygen atoms in total. The molecule has 0 atom stereocenters. The summed E-state index contributed by atoms with van der Waals surface area (Å²) in [4.78, 5) is 24.5. The number of nitrogen functional groups attached to an aromatic ring is 1. The van der Waals surface area contributed by atoms with Crippen LogP contribution in [0.4, 0.5) is 16.2 Å². The Hall–Kier alpha value is -2.44. The lowest BCUT2D eigenvalue weighted by Crippen LogP contribution is -2.37. The van der Waals surface area contributed by atoms with E-state index in [1.165, 1.54) is 4.90 Å². The molecular formula is C14H22N4O3.